The summed E-state index contributed by atoms with van der Waals surface area (Å²) in [5.74, 6) is 0.713. The van der Waals surface area contributed by atoms with Crippen molar-refractivity contribution < 1.29 is 4.79 Å². The molecule has 8 heteroatoms. The second-order valence-corrected chi connectivity index (χ2v) is 3.82. The number of carbonyl (C=O) groups is 1. The van der Waals surface area contributed by atoms with Crippen LogP contribution in [0, 0.1) is 0 Å². The largest absolute Gasteiger partial charge is 0.330 e. The normalized spacial score (nSPS) is 9.25. The average molecular weight is 318 g/mol. The summed E-state index contributed by atoms with van der Waals surface area (Å²) in [4.78, 5) is 19.7. The van der Waals surface area contributed by atoms with Crippen molar-refractivity contribution in [2.24, 2.45) is 5.73 Å². The molecule has 2 aromatic rings. The summed E-state index contributed by atoms with van der Waals surface area (Å²) in [6.45, 7) is 0.519. The molecule has 20 heavy (non-hydrogen) atoms. The number of hydrogen-bond donors (Lipinski definition) is 2. The van der Waals surface area contributed by atoms with Gasteiger partial charge in [0.15, 0.2) is 0 Å². The number of hydrogen-bond acceptors (Lipinski definition) is 4. The van der Waals surface area contributed by atoms with Crippen LogP contribution in [0.1, 0.15) is 12.8 Å². The van der Waals surface area contributed by atoms with Gasteiger partial charge in [-0.25, -0.2) is 9.97 Å². The van der Waals surface area contributed by atoms with Gasteiger partial charge in [-0.05, 0) is 25.1 Å². The van der Waals surface area contributed by atoms with Crippen LogP contribution in [-0.2, 0) is 4.79 Å². The van der Waals surface area contributed by atoms with Crippen molar-refractivity contribution in [2.75, 3.05) is 11.9 Å². The van der Waals surface area contributed by atoms with Crippen LogP contribution in [0.5, 0.6) is 0 Å². The molecule has 2 rings (SSSR count). The first-order chi connectivity index (χ1) is 8.79. The summed E-state index contributed by atoms with van der Waals surface area (Å²) in [6.07, 6.45) is 7.90. The van der Waals surface area contributed by atoms with Gasteiger partial charge in [0.1, 0.15) is 12.1 Å². The monoisotopic (exact) mass is 317 g/mol. The molecule has 0 aliphatic heterocycles. The first kappa shape index (κ1) is 18.4. The van der Waals surface area contributed by atoms with E-state index in [9.17, 15) is 4.79 Å². The van der Waals surface area contributed by atoms with Gasteiger partial charge in [-0.1, -0.05) is 0 Å². The van der Waals surface area contributed by atoms with Gasteiger partial charge >= 0.3 is 0 Å². The molecule has 110 valence electrons. The topological polar surface area (TPSA) is 85.8 Å². The summed E-state index contributed by atoms with van der Waals surface area (Å²) < 4.78 is 1.79. The number of amides is 1. The summed E-state index contributed by atoms with van der Waals surface area (Å²) in [5, 5.41) is 2.77. The van der Waals surface area contributed by atoms with E-state index in [0.29, 0.717) is 25.1 Å². The highest BCUT2D eigenvalue weighted by atomic mass is 35.5. The Morgan fingerprint density at radius 3 is 2.70 bits per heavy atom. The lowest BCUT2D eigenvalue weighted by atomic mass is 10.3. The fraction of sp³-hybridized carbons (Fsp3) is 0.250. The number of rotatable bonds is 5. The highest BCUT2D eigenvalue weighted by Crippen LogP contribution is 2.09. The molecule has 0 atom stereocenters. The minimum atomic E-state index is -0.0439. The number of nitrogens with one attached hydrogen (secondary N) is 1. The fourth-order valence-electron chi connectivity index (χ4n) is 1.49. The van der Waals surface area contributed by atoms with E-state index in [4.69, 9.17) is 5.73 Å². The smallest absolute Gasteiger partial charge is 0.224 e. The molecule has 0 aliphatic rings. The maximum Gasteiger partial charge on any atom is 0.224 e. The predicted octanol–water partition coefficient (Wildman–Crippen LogP) is 1.79. The van der Waals surface area contributed by atoms with Crippen molar-refractivity contribution in [3.63, 3.8) is 0 Å². The Balaban J connectivity index is 0.00000180. The molecule has 0 unspecified atom stereocenters. The number of aromatic nitrogens is 3. The number of pyridine rings is 1. The fourth-order valence-corrected chi connectivity index (χ4v) is 1.49. The number of nitrogens with two attached hydrogens (primary N) is 1. The summed E-state index contributed by atoms with van der Waals surface area (Å²) in [5.41, 5.74) is 6.02. The van der Waals surface area contributed by atoms with Crippen LogP contribution in [0.3, 0.4) is 0 Å². The molecule has 0 bridgehead atoms. The Labute approximate surface area is 129 Å². The molecule has 0 saturated carbocycles. The maximum atomic E-state index is 11.5. The van der Waals surface area contributed by atoms with Gasteiger partial charge in [0.25, 0.3) is 0 Å². The third-order valence-corrected chi connectivity index (χ3v) is 2.41. The van der Waals surface area contributed by atoms with Gasteiger partial charge in [-0.3, -0.25) is 9.36 Å². The van der Waals surface area contributed by atoms with Crippen molar-refractivity contribution in [2.45, 2.75) is 12.8 Å². The molecule has 6 nitrogen and oxygen atoms in total. The molecule has 0 saturated heterocycles. The lowest BCUT2D eigenvalue weighted by Crippen LogP contribution is -2.13. The highest BCUT2D eigenvalue weighted by Gasteiger charge is 2.02. The van der Waals surface area contributed by atoms with E-state index >= 15 is 0 Å². The number of imidazole rings is 1. The molecule has 2 aromatic heterocycles. The molecule has 0 aliphatic carbocycles. The van der Waals surface area contributed by atoms with Gasteiger partial charge < -0.3 is 11.1 Å². The first-order valence-electron chi connectivity index (χ1n) is 5.74. The van der Waals surface area contributed by atoms with E-state index in [1.54, 1.807) is 23.3 Å². The van der Waals surface area contributed by atoms with E-state index in [-0.39, 0.29) is 30.7 Å². The quantitative estimate of drug-likeness (QED) is 0.880. The van der Waals surface area contributed by atoms with Crippen LogP contribution in [0.2, 0.25) is 0 Å². The lowest BCUT2D eigenvalue weighted by molar-refractivity contribution is -0.116. The Morgan fingerprint density at radius 1 is 1.35 bits per heavy atom. The van der Waals surface area contributed by atoms with Crippen molar-refractivity contribution in [3.8, 4) is 5.82 Å². The third kappa shape index (κ3) is 5.16. The van der Waals surface area contributed by atoms with Crippen LogP contribution in [-0.4, -0.2) is 27.0 Å². The zero-order valence-electron chi connectivity index (χ0n) is 10.7. The number of nitrogens with zero attached hydrogens (tertiary/aromatic N) is 3. The van der Waals surface area contributed by atoms with Gasteiger partial charge in [0, 0.05) is 18.8 Å². The van der Waals surface area contributed by atoms with Crippen molar-refractivity contribution in [3.05, 3.63) is 37.1 Å². The number of anilines is 1. The Kier molecular flexibility index (Phi) is 8.54. The first-order valence-corrected chi connectivity index (χ1v) is 5.74. The summed E-state index contributed by atoms with van der Waals surface area (Å²) in [7, 11) is 0. The average Bonchev–Trinajstić information content (AvgIpc) is 2.91. The minimum absolute atomic E-state index is 0. The Hall–Kier alpha value is -1.63. The molecule has 0 radical (unpaired) electrons. The molecular formula is C12H17Cl2N5O. The highest BCUT2D eigenvalue weighted by molar-refractivity contribution is 5.90. The minimum Gasteiger partial charge on any atom is -0.330 e. The van der Waals surface area contributed by atoms with Crippen molar-refractivity contribution in [1.29, 1.82) is 0 Å². The van der Waals surface area contributed by atoms with Crippen LogP contribution in [0.15, 0.2) is 37.1 Å². The molecule has 0 spiro atoms. The summed E-state index contributed by atoms with van der Waals surface area (Å²) in [6, 6.07) is 3.63. The SMILES string of the molecule is Cl.Cl.NCCCC(=O)Nc1ccc(-n2ccnc2)nc1. The zero-order chi connectivity index (χ0) is 12.8. The zero-order valence-corrected chi connectivity index (χ0v) is 12.4. The van der Waals surface area contributed by atoms with E-state index in [2.05, 4.69) is 15.3 Å². The van der Waals surface area contributed by atoms with Crippen LogP contribution in [0.4, 0.5) is 5.69 Å². The molecule has 0 aromatic carbocycles. The standard InChI is InChI=1S/C12H15N5O.2ClH/c13-5-1-2-12(18)16-10-3-4-11(15-8-10)17-7-6-14-9-17;;/h3-4,6-9H,1-2,5,13H2,(H,16,18);2*1H. The van der Waals surface area contributed by atoms with Crippen LogP contribution >= 0.6 is 24.8 Å². The van der Waals surface area contributed by atoms with E-state index in [1.807, 2.05) is 18.3 Å². The van der Waals surface area contributed by atoms with E-state index in [1.165, 1.54) is 0 Å². The molecule has 0 fully saturated rings. The van der Waals surface area contributed by atoms with Gasteiger partial charge in [0.05, 0.1) is 11.9 Å². The molecular weight excluding hydrogens is 301 g/mol. The van der Waals surface area contributed by atoms with Crippen LogP contribution < -0.4 is 11.1 Å². The number of carbonyl (C=O) groups excluding carboxylic acids is 1. The summed E-state index contributed by atoms with van der Waals surface area (Å²) >= 11 is 0. The third-order valence-electron chi connectivity index (χ3n) is 2.41. The van der Waals surface area contributed by atoms with Gasteiger partial charge in [-0.2, -0.15) is 0 Å². The lowest BCUT2D eigenvalue weighted by Gasteiger charge is -2.05. The van der Waals surface area contributed by atoms with E-state index < -0.39 is 0 Å². The van der Waals surface area contributed by atoms with Crippen molar-refractivity contribution >= 4 is 36.4 Å². The van der Waals surface area contributed by atoms with Gasteiger partial charge in [0.2, 0.25) is 5.91 Å². The van der Waals surface area contributed by atoms with Crippen molar-refractivity contribution in [1.82, 2.24) is 14.5 Å². The molecule has 3 N–H and O–H groups in total. The van der Waals surface area contributed by atoms with E-state index in [0.717, 1.165) is 5.82 Å². The van der Waals surface area contributed by atoms with Gasteiger partial charge in [-0.15, -0.1) is 24.8 Å². The second kappa shape index (κ2) is 9.30. The van der Waals surface area contributed by atoms with Crippen LogP contribution in [0.25, 0.3) is 5.82 Å². The Morgan fingerprint density at radius 2 is 2.15 bits per heavy atom. The molecule has 1 amide bonds. The predicted molar refractivity (Wildman–Crippen MR) is 82.8 cm³/mol. The molecule has 2 heterocycles. The second-order valence-electron chi connectivity index (χ2n) is 3.82. The Bertz CT molecular complexity index is 501. The number of halogens is 2. The maximum absolute atomic E-state index is 11.5.